The number of hydrogen-bond acceptors (Lipinski definition) is 8. The molecule has 0 saturated carbocycles. The molecular weight excluding hydrogens is 471 g/mol. The summed E-state index contributed by atoms with van der Waals surface area (Å²) in [6.45, 7) is 6.87. The molecule has 8 nitrogen and oxygen atoms in total. The minimum absolute atomic E-state index is 0.0799. The highest BCUT2D eigenvalue weighted by Crippen LogP contribution is 2.30. The third kappa shape index (κ3) is 4.68. The summed E-state index contributed by atoms with van der Waals surface area (Å²) in [5, 5.41) is 14.6. The Morgan fingerprint density at radius 1 is 0.946 bits per heavy atom. The van der Waals surface area contributed by atoms with Crippen LogP contribution in [0.25, 0.3) is 11.5 Å². The van der Waals surface area contributed by atoms with Crippen LogP contribution in [0.3, 0.4) is 0 Å². The molecule has 0 bridgehead atoms. The van der Waals surface area contributed by atoms with Crippen LogP contribution >= 0.6 is 0 Å². The van der Waals surface area contributed by atoms with Crippen molar-refractivity contribution in [3.63, 3.8) is 0 Å². The molecule has 6 rings (SSSR count). The molecule has 186 valence electrons. The van der Waals surface area contributed by atoms with Gasteiger partial charge in [0.2, 0.25) is 0 Å². The van der Waals surface area contributed by atoms with Crippen molar-refractivity contribution in [3.8, 4) is 11.5 Å². The zero-order valence-corrected chi connectivity index (χ0v) is 20.0. The average Bonchev–Trinajstić information content (AvgIpc) is 3.35. The van der Waals surface area contributed by atoms with E-state index in [-0.39, 0.29) is 17.5 Å². The highest BCUT2D eigenvalue weighted by atomic mass is 19.1. The number of morpholine rings is 1. The van der Waals surface area contributed by atoms with E-state index in [9.17, 15) is 0 Å². The molecular formula is C28H25FN6O2. The van der Waals surface area contributed by atoms with Crippen LogP contribution in [0.15, 0.2) is 94.5 Å². The monoisotopic (exact) mass is 496 g/mol. The van der Waals surface area contributed by atoms with Crippen LogP contribution in [0.2, 0.25) is 0 Å². The number of anilines is 3. The molecule has 4 aromatic rings. The van der Waals surface area contributed by atoms with Gasteiger partial charge in [-0.15, -0.1) is 5.10 Å². The first-order valence-electron chi connectivity index (χ1n) is 12.1. The minimum Gasteiger partial charge on any atom is -0.403 e. The van der Waals surface area contributed by atoms with Crippen molar-refractivity contribution in [2.24, 2.45) is 4.99 Å². The Labute approximate surface area is 213 Å². The zero-order valence-electron chi connectivity index (χ0n) is 20.0. The molecule has 1 atom stereocenters. The lowest BCUT2D eigenvalue weighted by atomic mass is 10.0. The first-order chi connectivity index (χ1) is 18.2. The number of rotatable bonds is 5. The van der Waals surface area contributed by atoms with E-state index >= 15 is 4.39 Å². The second kappa shape index (κ2) is 9.87. The van der Waals surface area contributed by atoms with Crippen LogP contribution in [-0.4, -0.2) is 48.4 Å². The maximum Gasteiger partial charge on any atom is 0.317 e. The molecule has 1 fully saturated rings. The summed E-state index contributed by atoms with van der Waals surface area (Å²) in [6, 6.07) is 23.0. The van der Waals surface area contributed by atoms with Crippen molar-refractivity contribution in [2.75, 3.05) is 41.8 Å². The Morgan fingerprint density at radius 2 is 1.73 bits per heavy atom. The highest BCUT2D eigenvalue weighted by Gasteiger charge is 2.24. The number of halogens is 1. The van der Waals surface area contributed by atoms with Crippen molar-refractivity contribution in [1.82, 2.24) is 10.2 Å². The molecule has 0 aliphatic carbocycles. The Morgan fingerprint density at radius 3 is 2.54 bits per heavy atom. The van der Waals surface area contributed by atoms with Crippen molar-refractivity contribution >= 4 is 23.1 Å². The summed E-state index contributed by atoms with van der Waals surface area (Å²) in [5.74, 6) is -0.351. The van der Waals surface area contributed by atoms with Gasteiger partial charge in [-0.2, -0.15) is 0 Å². The van der Waals surface area contributed by atoms with Gasteiger partial charge in [0.1, 0.15) is 5.82 Å². The van der Waals surface area contributed by atoms with Crippen molar-refractivity contribution in [1.29, 1.82) is 0 Å². The molecule has 1 saturated heterocycles. The van der Waals surface area contributed by atoms with Gasteiger partial charge in [0, 0.05) is 35.6 Å². The van der Waals surface area contributed by atoms with E-state index in [4.69, 9.17) is 14.1 Å². The highest BCUT2D eigenvalue weighted by molar-refractivity contribution is 6.16. The van der Waals surface area contributed by atoms with Crippen LogP contribution in [0.4, 0.5) is 21.8 Å². The van der Waals surface area contributed by atoms with Crippen LogP contribution in [0, 0.1) is 5.82 Å². The number of nitrogens with one attached hydrogen (secondary N) is 2. The quantitative estimate of drug-likeness (QED) is 0.405. The number of benzodiazepines with no additional fused rings is 1. The predicted octanol–water partition coefficient (Wildman–Crippen LogP) is 4.93. The number of benzene rings is 3. The average molecular weight is 497 g/mol. The summed E-state index contributed by atoms with van der Waals surface area (Å²) in [7, 11) is 0. The second-order valence-electron chi connectivity index (χ2n) is 8.76. The van der Waals surface area contributed by atoms with Crippen molar-refractivity contribution in [3.05, 3.63) is 102 Å². The van der Waals surface area contributed by atoms with Gasteiger partial charge in [-0.05, 0) is 24.3 Å². The van der Waals surface area contributed by atoms with Crippen molar-refractivity contribution in [2.45, 2.75) is 6.17 Å². The van der Waals surface area contributed by atoms with E-state index in [0.717, 1.165) is 41.3 Å². The van der Waals surface area contributed by atoms with Crippen LogP contribution < -0.4 is 15.5 Å². The number of nitrogens with zero attached hydrogens (tertiary/aromatic N) is 4. The first kappa shape index (κ1) is 22.9. The number of hydrogen-bond donors (Lipinski definition) is 2. The summed E-state index contributed by atoms with van der Waals surface area (Å²) in [6.07, 6.45) is -0.607. The molecule has 1 aromatic heterocycles. The van der Waals surface area contributed by atoms with Crippen molar-refractivity contribution < 1.29 is 13.5 Å². The van der Waals surface area contributed by atoms with Crippen LogP contribution in [-0.2, 0) is 4.74 Å². The fraction of sp³-hybridized carbons (Fsp3) is 0.179. The SMILES string of the molecule is C=C1Nc2ccccc2C(c2ccccc2)=N[C@@H]1Nc1nnc(-c2ccc(N3CCOCC3)cc2F)o1. The van der Waals surface area contributed by atoms with Gasteiger partial charge in [0.15, 0.2) is 6.17 Å². The smallest absolute Gasteiger partial charge is 0.317 e. The minimum atomic E-state index is -0.607. The molecule has 2 aliphatic rings. The van der Waals surface area contributed by atoms with Gasteiger partial charge < -0.3 is 24.7 Å². The standard InChI is InChI=1S/C28H25FN6O2/c1-18-26(31-25(19-7-3-2-4-8-19)22-9-5-6-10-24(22)30-18)32-28-34-33-27(37-28)21-12-11-20(17-23(21)29)35-13-15-36-16-14-35/h2-12,17,26,30H,1,13-16H2,(H,32,34)/t26-/m1/s1. The molecule has 37 heavy (non-hydrogen) atoms. The molecule has 0 amide bonds. The molecule has 0 radical (unpaired) electrons. The topological polar surface area (TPSA) is 87.8 Å². The molecule has 0 spiro atoms. The third-order valence-corrected chi connectivity index (χ3v) is 6.36. The van der Waals surface area contributed by atoms with Gasteiger partial charge in [-0.1, -0.05) is 60.2 Å². The number of fused-ring (bicyclic) bond motifs is 1. The molecule has 2 aliphatic heterocycles. The summed E-state index contributed by atoms with van der Waals surface area (Å²) >= 11 is 0. The number of ether oxygens (including phenoxy) is 1. The first-order valence-corrected chi connectivity index (χ1v) is 12.1. The second-order valence-corrected chi connectivity index (χ2v) is 8.76. The predicted molar refractivity (Wildman–Crippen MR) is 141 cm³/mol. The third-order valence-electron chi connectivity index (χ3n) is 6.36. The van der Waals surface area contributed by atoms with E-state index in [1.165, 1.54) is 6.07 Å². The maximum atomic E-state index is 15.0. The Balaban J connectivity index is 1.27. The maximum absolute atomic E-state index is 15.0. The fourth-order valence-electron chi connectivity index (χ4n) is 4.47. The molecule has 2 N–H and O–H groups in total. The molecule has 0 unspecified atom stereocenters. The van der Waals surface area contributed by atoms with Gasteiger partial charge >= 0.3 is 6.01 Å². The van der Waals surface area contributed by atoms with E-state index in [0.29, 0.717) is 18.9 Å². The molecule has 9 heteroatoms. The summed E-state index contributed by atoms with van der Waals surface area (Å²) < 4.78 is 26.2. The largest absolute Gasteiger partial charge is 0.403 e. The number of aromatic nitrogens is 2. The van der Waals surface area contributed by atoms with E-state index in [2.05, 4.69) is 32.3 Å². The zero-order chi connectivity index (χ0) is 25.2. The number of aliphatic imine (C=N–C) groups is 1. The van der Waals surface area contributed by atoms with Gasteiger partial charge in [0.05, 0.1) is 30.2 Å². The van der Waals surface area contributed by atoms with E-state index in [1.807, 2.05) is 60.7 Å². The van der Waals surface area contributed by atoms with E-state index in [1.54, 1.807) is 6.07 Å². The Bertz CT molecular complexity index is 1460. The lowest BCUT2D eigenvalue weighted by molar-refractivity contribution is 0.122. The van der Waals surface area contributed by atoms with Crippen LogP contribution in [0.1, 0.15) is 11.1 Å². The fourth-order valence-corrected chi connectivity index (χ4v) is 4.47. The lowest BCUT2D eigenvalue weighted by Gasteiger charge is -2.28. The summed E-state index contributed by atoms with van der Waals surface area (Å²) in [5.41, 5.74) is 5.25. The molecule has 3 heterocycles. The lowest BCUT2D eigenvalue weighted by Crippen LogP contribution is -2.36. The summed E-state index contributed by atoms with van der Waals surface area (Å²) in [4.78, 5) is 7.04. The van der Waals surface area contributed by atoms with Gasteiger partial charge in [-0.25, -0.2) is 4.39 Å². The Kier molecular flexibility index (Phi) is 6.11. The normalized spacial score (nSPS) is 17.4. The van der Waals surface area contributed by atoms with Crippen LogP contribution in [0.5, 0.6) is 0 Å². The Hall–Kier alpha value is -4.50. The van der Waals surface area contributed by atoms with E-state index < -0.39 is 12.0 Å². The number of para-hydroxylation sites is 1. The van der Waals surface area contributed by atoms with Gasteiger partial charge in [-0.3, -0.25) is 4.99 Å². The van der Waals surface area contributed by atoms with Gasteiger partial charge in [0.25, 0.3) is 5.89 Å². The molecule has 3 aromatic carbocycles.